The summed E-state index contributed by atoms with van der Waals surface area (Å²) in [5, 5.41) is 2.82. The Balaban J connectivity index is 1.92. The van der Waals surface area contributed by atoms with Crippen molar-refractivity contribution in [2.45, 2.75) is 26.7 Å². The SMILES string of the molecule is Cc1cccc(CCC(=O)Nc2ncc(N)cc2C)c1. The third-order valence-corrected chi connectivity index (χ3v) is 3.08. The van der Waals surface area contributed by atoms with Gasteiger partial charge in [0.05, 0.1) is 11.9 Å². The van der Waals surface area contributed by atoms with Crippen LogP contribution in [0.5, 0.6) is 0 Å². The zero-order valence-corrected chi connectivity index (χ0v) is 11.8. The molecule has 0 atom stereocenters. The van der Waals surface area contributed by atoms with Crippen molar-refractivity contribution in [2.24, 2.45) is 0 Å². The molecule has 0 radical (unpaired) electrons. The average molecular weight is 269 g/mol. The molecule has 1 aromatic carbocycles. The molecule has 0 saturated heterocycles. The fourth-order valence-corrected chi connectivity index (χ4v) is 2.05. The number of hydrogen-bond donors (Lipinski definition) is 2. The zero-order chi connectivity index (χ0) is 14.5. The van der Waals surface area contributed by atoms with Crippen molar-refractivity contribution in [3.63, 3.8) is 0 Å². The molecule has 0 bridgehead atoms. The van der Waals surface area contributed by atoms with Gasteiger partial charge in [-0.3, -0.25) is 4.79 Å². The minimum absolute atomic E-state index is 0.0353. The summed E-state index contributed by atoms with van der Waals surface area (Å²) in [6.45, 7) is 3.92. The van der Waals surface area contributed by atoms with E-state index in [0.717, 1.165) is 12.0 Å². The van der Waals surface area contributed by atoms with E-state index in [1.807, 2.05) is 32.0 Å². The monoisotopic (exact) mass is 269 g/mol. The number of rotatable bonds is 4. The molecule has 1 amide bonds. The van der Waals surface area contributed by atoms with Crippen LogP contribution in [0.25, 0.3) is 0 Å². The van der Waals surface area contributed by atoms with Crippen LogP contribution < -0.4 is 11.1 Å². The Morgan fingerprint density at radius 2 is 2.10 bits per heavy atom. The number of benzene rings is 1. The molecule has 20 heavy (non-hydrogen) atoms. The van der Waals surface area contributed by atoms with Gasteiger partial charge < -0.3 is 11.1 Å². The highest BCUT2D eigenvalue weighted by Gasteiger charge is 2.06. The molecule has 0 unspecified atom stereocenters. The molecule has 0 saturated carbocycles. The number of hydrogen-bond acceptors (Lipinski definition) is 3. The van der Waals surface area contributed by atoms with Crippen molar-refractivity contribution in [1.29, 1.82) is 0 Å². The summed E-state index contributed by atoms with van der Waals surface area (Å²) in [6.07, 6.45) is 2.71. The molecule has 3 N–H and O–H groups in total. The van der Waals surface area contributed by atoms with E-state index in [4.69, 9.17) is 5.73 Å². The van der Waals surface area contributed by atoms with Gasteiger partial charge in [-0.15, -0.1) is 0 Å². The van der Waals surface area contributed by atoms with Crippen LogP contribution >= 0.6 is 0 Å². The second-order valence-electron chi connectivity index (χ2n) is 4.97. The lowest BCUT2D eigenvalue weighted by Gasteiger charge is -2.08. The summed E-state index contributed by atoms with van der Waals surface area (Å²) in [6, 6.07) is 9.98. The molecule has 4 heteroatoms. The second-order valence-corrected chi connectivity index (χ2v) is 4.97. The fraction of sp³-hybridized carbons (Fsp3) is 0.250. The minimum Gasteiger partial charge on any atom is -0.397 e. The minimum atomic E-state index is -0.0353. The molecular weight excluding hydrogens is 250 g/mol. The van der Waals surface area contributed by atoms with E-state index in [1.54, 1.807) is 12.3 Å². The van der Waals surface area contributed by atoms with Crippen LogP contribution in [-0.2, 0) is 11.2 Å². The van der Waals surface area contributed by atoms with Gasteiger partial charge in [-0.05, 0) is 37.5 Å². The lowest BCUT2D eigenvalue weighted by atomic mass is 10.1. The first-order valence-corrected chi connectivity index (χ1v) is 6.62. The Bertz CT molecular complexity index is 623. The van der Waals surface area contributed by atoms with Crippen LogP contribution in [0.2, 0.25) is 0 Å². The number of aryl methyl sites for hydroxylation is 3. The lowest BCUT2D eigenvalue weighted by molar-refractivity contribution is -0.116. The third kappa shape index (κ3) is 3.82. The zero-order valence-electron chi connectivity index (χ0n) is 11.8. The standard InChI is InChI=1S/C16H19N3O/c1-11-4-3-5-13(8-11)6-7-15(20)19-16-12(2)9-14(17)10-18-16/h3-5,8-10H,6-7,17H2,1-2H3,(H,18,19,20). The van der Waals surface area contributed by atoms with Gasteiger partial charge in [0.15, 0.2) is 0 Å². The van der Waals surface area contributed by atoms with Crippen LogP contribution in [0.15, 0.2) is 36.5 Å². The average Bonchev–Trinajstić information content (AvgIpc) is 2.40. The van der Waals surface area contributed by atoms with E-state index in [0.29, 0.717) is 17.9 Å². The maximum Gasteiger partial charge on any atom is 0.225 e. The smallest absolute Gasteiger partial charge is 0.225 e. The van der Waals surface area contributed by atoms with E-state index in [-0.39, 0.29) is 5.91 Å². The Morgan fingerprint density at radius 1 is 1.30 bits per heavy atom. The van der Waals surface area contributed by atoms with Gasteiger partial charge >= 0.3 is 0 Å². The predicted molar refractivity (Wildman–Crippen MR) is 81.5 cm³/mol. The molecule has 0 spiro atoms. The van der Waals surface area contributed by atoms with Crippen molar-refractivity contribution in [3.05, 3.63) is 53.2 Å². The summed E-state index contributed by atoms with van der Waals surface area (Å²) in [7, 11) is 0. The molecule has 0 aliphatic carbocycles. The number of carbonyl (C=O) groups is 1. The Kier molecular flexibility index (Phi) is 4.35. The first-order chi connectivity index (χ1) is 9.54. The molecule has 2 rings (SSSR count). The van der Waals surface area contributed by atoms with E-state index in [1.165, 1.54) is 11.1 Å². The summed E-state index contributed by atoms with van der Waals surface area (Å²) in [5.41, 5.74) is 9.47. The van der Waals surface area contributed by atoms with E-state index in [2.05, 4.69) is 16.4 Å². The number of carbonyl (C=O) groups excluding carboxylic acids is 1. The van der Waals surface area contributed by atoms with Crippen molar-refractivity contribution in [1.82, 2.24) is 4.98 Å². The summed E-state index contributed by atoms with van der Waals surface area (Å²) in [4.78, 5) is 16.1. The third-order valence-electron chi connectivity index (χ3n) is 3.08. The van der Waals surface area contributed by atoms with Crippen molar-refractivity contribution in [2.75, 3.05) is 11.1 Å². The van der Waals surface area contributed by atoms with Crippen LogP contribution in [0, 0.1) is 13.8 Å². The van der Waals surface area contributed by atoms with Crippen molar-refractivity contribution >= 4 is 17.4 Å². The van der Waals surface area contributed by atoms with Crippen molar-refractivity contribution in [3.8, 4) is 0 Å². The first-order valence-electron chi connectivity index (χ1n) is 6.62. The molecule has 1 aromatic heterocycles. The van der Waals surface area contributed by atoms with Gasteiger partial charge in [-0.25, -0.2) is 4.98 Å². The van der Waals surface area contributed by atoms with Crippen LogP contribution in [0.3, 0.4) is 0 Å². The van der Waals surface area contributed by atoms with Crippen LogP contribution in [0.1, 0.15) is 23.1 Å². The highest BCUT2D eigenvalue weighted by Crippen LogP contribution is 2.14. The fourth-order valence-electron chi connectivity index (χ4n) is 2.05. The quantitative estimate of drug-likeness (QED) is 0.896. The summed E-state index contributed by atoms with van der Waals surface area (Å²) < 4.78 is 0. The molecule has 104 valence electrons. The lowest BCUT2D eigenvalue weighted by Crippen LogP contribution is -2.14. The highest BCUT2D eigenvalue weighted by molar-refractivity contribution is 5.90. The number of nitrogens with two attached hydrogens (primary N) is 1. The van der Waals surface area contributed by atoms with Gasteiger partial charge in [0.25, 0.3) is 0 Å². The maximum atomic E-state index is 11.9. The van der Waals surface area contributed by atoms with Gasteiger partial charge in [-0.1, -0.05) is 29.8 Å². The van der Waals surface area contributed by atoms with E-state index in [9.17, 15) is 4.79 Å². The number of pyridine rings is 1. The van der Waals surface area contributed by atoms with Gasteiger partial charge in [-0.2, -0.15) is 0 Å². The molecule has 1 heterocycles. The van der Waals surface area contributed by atoms with Crippen molar-refractivity contribution < 1.29 is 4.79 Å². The number of aromatic nitrogens is 1. The normalized spacial score (nSPS) is 10.3. The van der Waals surface area contributed by atoms with E-state index >= 15 is 0 Å². The first kappa shape index (κ1) is 14.1. The second kappa shape index (κ2) is 6.19. The van der Waals surface area contributed by atoms with Gasteiger partial charge in [0, 0.05) is 6.42 Å². The number of nitrogen functional groups attached to an aromatic ring is 1. The summed E-state index contributed by atoms with van der Waals surface area (Å²) >= 11 is 0. The molecule has 0 aliphatic heterocycles. The molecular formula is C16H19N3O. The number of nitrogens with one attached hydrogen (secondary N) is 1. The largest absolute Gasteiger partial charge is 0.397 e. The van der Waals surface area contributed by atoms with Gasteiger partial charge in [0.1, 0.15) is 5.82 Å². The topological polar surface area (TPSA) is 68.0 Å². The molecule has 0 fully saturated rings. The highest BCUT2D eigenvalue weighted by atomic mass is 16.1. The number of amides is 1. The van der Waals surface area contributed by atoms with Gasteiger partial charge in [0.2, 0.25) is 5.91 Å². The Morgan fingerprint density at radius 3 is 2.80 bits per heavy atom. The molecule has 2 aromatic rings. The summed E-state index contributed by atoms with van der Waals surface area (Å²) in [5.74, 6) is 0.542. The Labute approximate surface area is 119 Å². The Hall–Kier alpha value is -2.36. The number of anilines is 2. The molecule has 0 aliphatic rings. The molecule has 4 nitrogen and oxygen atoms in total. The van der Waals surface area contributed by atoms with Crippen LogP contribution in [-0.4, -0.2) is 10.9 Å². The predicted octanol–water partition coefficient (Wildman–Crippen LogP) is 2.85. The van der Waals surface area contributed by atoms with Crippen LogP contribution in [0.4, 0.5) is 11.5 Å². The maximum absolute atomic E-state index is 11.9. The number of nitrogens with zero attached hydrogens (tertiary/aromatic N) is 1. The van der Waals surface area contributed by atoms with E-state index < -0.39 is 0 Å².